The summed E-state index contributed by atoms with van der Waals surface area (Å²) in [6.45, 7) is 0. The molecule has 1 amide bonds. The summed E-state index contributed by atoms with van der Waals surface area (Å²) in [5, 5.41) is 0.187. The van der Waals surface area contributed by atoms with Crippen LogP contribution in [0.1, 0.15) is 11.1 Å². The number of carbonyl (C=O) groups excluding carboxylic acids is 1. The zero-order valence-corrected chi connectivity index (χ0v) is 12.2. The molecule has 1 aliphatic rings. The lowest BCUT2D eigenvalue weighted by Gasteiger charge is -2.09. The highest BCUT2D eigenvalue weighted by molar-refractivity contribution is 8.16. The van der Waals surface area contributed by atoms with Crippen molar-refractivity contribution < 1.29 is 26.4 Å². The second kappa shape index (κ2) is 5.80. The molecule has 0 aliphatic carbocycles. The monoisotopic (exact) mass is 337 g/mol. The SMILES string of the molecule is O=C1CSC(CS(=O)(=O)Cc2cccc(C(F)(F)F)c2)=N1. The van der Waals surface area contributed by atoms with Gasteiger partial charge in [0.05, 0.1) is 27.9 Å². The molecule has 9 heteroatoms. The second-order valence-corrected chi connectivity index (χ2v) is 7.53. The fourth-order valence-corrected chi connectivity index (χ4v) is 4.38. The van der Waals surface area contributed by atoms with E-state index in [4.69, 9.17) is 0 Å². The van der Waals surface area contributed by atoms with Crippen LogP contribution in [0.2, 0.25) is 0 Å². The fraction of sp³-hybridized carbons (Fsp3) is 0.333. The zero-order valence-electron chi connectivity index (χ0n) is 10.6. The Morgan fingerprint density at radius 3 is 2.52 bits per heavy atom. The summed E-state index contributed by atoms with van der Waals surface area (Å²) < 4.78 is 61.6. The summed E-state index contributed by atoms with van der Waals surface area (Å²) in [4.78, 5) is 14.5. The second-order valence-electron chi connectivity index (χ2n) is 4.42. The summed E-state index contributed by atoms with van der Waals surface area (Å²) in [7, 11) is -3.67. The van der Waals surface area contributed by atoms with Crippen molar-refractivity contribution in [3.8, 4) is 0 Å². The van der Waals surface area contributed by atoms with Crippen molar-refractivity contribution in [2.75, 3.05) is 11.5 Å². The Labute approximate surface area is 123 Å². The summed E-state index contributed by atoms with van der Waals surface area (Å²) in [6, 6.07) is 4.18. The number of nitrogens with zero attached hydrogens (tertiary/aromatic N) is 1. The summed E-state index contributed by atoms with van der Waals surface area (Å²) in [6.07, 6.45) is -4.52. The molecule has 2 rings (SSSR count). The quantitative estimate of drug-likeness (QED) is 0.846. The molecular formula is C12H10F3NO3S2. The van der Waals surface area contributed by atoms with Crippen molar-refractivity contribution in [3.05, 3.63) is 35.4 Å². The van der Waals surface area contributed by atoms with Crippen molar-refractivity contribution in [3.63, 3.8) is 0 Å². The van der Waals surface area contributed by atoms with E-state index in [0.29, 0.717) is 0 Å². The molecule has 1 aliphatic heterocycles. The molecule has 0 atom stereocenters. The van der Waals surface area contributed by atoms with Gasteiger partial charge in [-0.15, -0.1) is 0 Å². The maximum atomic E-state index is 12.6. The standard InChI is InChI=1S/C12H10F3NO3S2/c13-12(14,15)9-3-1-2-8(4-9)6-21(18,19)7-11-16-10(17)5-20-11/h1-4H,5-7H2. The molecule has 114 valence electrons. The first-order valence-electron chi connectivity index (χ1n) is 5.75. The van der Waals surface area contributed by atoms with Crippen LogP contribution in [0.3, 0.4) is 0 Å². The van der Waals surface area contributed by atoms with Crippen LogP contribution in [-0.2, 0) is 26.6 Å². The van der Waals surface area contributed by atoms with Gasteiger partial charge in [-0.25, -0.2) is 13.4 Å². The number of hydrogen-bond donors (Lipinski definition) is 0. The molecule has 0 saturated carbocycles. The number of benzene rings is 1. The number of hydrogen-bond acceptors (Lipinski definition) is 4. The molecule has 21 heavy (non-hydrogen) atoms. The molecule has 0 N–H and O–H groups in total. The Balaban J connectivity index is 2.14. The number of aliphatic imine (C=N–C) groups is 1. The van der Waals surface area contributed by atoms with E-state index in [0.717, 1.165) is 23.9 Å². The summed E-state index contributed by atoms with van der Waals surface area (Å²) >= 11 is 1.04. The number of amides is 1. The van der Waals surface area contributed by atoms with E-state index in [1.807, 2.05) is 0 Å². The maximum Gasteiger partial charge on any atom is 0.416 e. The molecule has 0 spiro atoms. The highest BCUT2D eigenvalue weighted by Gasteiger charge is 2.31. The van der Waals surface area contributed by atoms with E-state index < -0.39 is 39.0 Å². The van der Waals surface area contributed by atoms with E-state index in [-0.39, 0.29) is 16.4 Å². The van der Waals surface area contributed by atoms with E-state index in [1.54, 1.807) is 0 Å². The Hall–Kier alpha value is -1.35. The Morgan fingerprint density at radius 1 is 1.24 bits per heavy atom. The lowest BCUT2D eigenvalue weighted by atomic mass is 10.1. The molecule has 4 nitrogen and oxygen atoms in total. The van der Waals surface area contributed by atoms with Crippen LogP contribution in [0.25, 0.3) is 0 Å². The highest BCUT2D eigenvalue weighted by atomic mass is 32.2. The van der Waals surface area contributed by atoms with Crippen LogP contribution < -0.4 is 0 Å². The van der Waals surface area contributed by atoms with Crippen LogP contribution in [0, 0.1) is 0 Å². The Kier molecular flexibility index (Phi) is 4.43. The van der Waals surface area contributed by atoms with Crippen LogP contribution in [0.15, 0.2) is 29.3 Å². The molecule has 0 radical (unpaired) electrons. The van der Waals surface area contributed by atoms with Crippen LogP contribution in [0.5, 0.6) is 0 Å². The van der Waals surface area contributed by atoms with Gasteiger partial charge in [0.1, 0.15) is 0 Å². The predicted octanol–water partition coefficient (Wildman–Crippen LogP) is 2.29. The van der Waals surface area contributed by atoms with Crippen molar-refractivity contribution in [1.82, 2.24) is 0 Å². The Bertz CT molecular complexity index is 696. The number of carbonyl (C=O) groups is 1. The minimum atomic E-state index is -4.52. The van der Waals surface area contributed by atoms with E-state index in [2.05, 4.69) is 4.99 Å². The lowest BCUT2D eigenvalue weighted by molar-refractivity contribution is -0.137. The molecule has 1 aromatic carbocycles. The Morgan fingerprint density at radius 2 is 1.95 bits per heavy atom. The lowest BCUT2D eigenvalue weighted by Crippen LogP contribution is -2.15. The maximum absolute atomic E-state index is 12.6. The average Bonchev–Trinajstić information content (AvgIpc) is 2.72. The van der Waals surface area contributed by atoms with E-state index in [9.17, 15) is 26.4 Å². The van der Waals surface area contributed by atoms with Crippen molar-refractivity contribution in [1.29, 1.82) is 0 Å². The molecule has 1 heterocycles. The number of halogens is 3. The molecule has 0 fully saturated rings. The largest absolute Gasteiger partial charge is 0.416 e. The topological polar surface area (TPSA) is 63.6 Å². The van der Waals surface area contributed by atoms with E-state index in [1.165, 1.54) is 12.1 Å². The number of alkyl halides is 3. The van der Waals surface area contributed by atoms with Crippen molar-refractivity contribution in [2.24, 2.45) is 4.99 Å². The average molecular weight is 337 g/mol. The van der Waals surface area contributed by atoms with Crippen molar-refractivity contribution >= 4 is 32.6 Å². The third-order valence-corrected chi connectivity index (χ3v) is 5.23. The summed E-state index contributed by atoms with van der Waals surface area (Å²) in [5.74, 6) is -1.25. The minimum Gasteiger partial charge on any atom is -0.272 e. The number of rotatable bonds is 4. The smallest absolute Gasteiger partial charge is 0.272 e. The zero-order chi connectivity index (χ0) is 15.7. The minimum absolute atomic E-state index is 0.0553. The van der Waals surface area contributed by atoms with Gasteiger partial charge >= 0.3 is 6.18 Å². The molecule has 1 aromatic rings. The normalized spacial score (nSPS) is 16.1. The van der Waals surface area contributed by atoms with Crippen LogP contribution >= 0.6 is 11.8 Å². The predicted molar refractivity (Wildman–Crippen MR) is 73.8 cm³/mol. The van der Waals surface area contributed by atoms with Gasteiger partial charge < -0.3 is 0 Å². The van der Waals surface area contributed by atoms with Crippen LogP contribution in [0.4, 0.5) is 13.2 Å². The van der Waals surface area contributed by atoms with Crippen LogP contribution in [-0.4, -0.2) is 30.9 Å². The number of sulfone groups is 1. The van der Waals surface area contributed by atoms with Gasteiger partial charge in [0.15, 0.2) is 9.84 Å². The van der Waals surface area contributed by atoms with Gasteiger partial charge in [0, 0.05) is 0 Å². The van der Waals surface area contributed by atoms with Gasteiger partial charge in [0.25, 0.3) is 5.91 Å². The van der Waals surface area contributed by atoms with Gasteiger partial charge in [-0.2, -0.15) is 13.2 Å². The van der Waals surface area contributed by atoms with E-state index >= 15 is 0 Å². The first-order valence-corrected chi connectivity index (χ1v) is 8.56. The molecule has 0 unspecified atom stereocenters. The number of thioether (sulfide) groups is 1. The molecule has 0 aromatic heterocycles. The first kappa shape index (κ1) is 16.0. The molecule has 0 saturated heterocycles. The van der Waals surface area contributed by atoms with Gasteiger partial charge in [-0.05, 0) is 11.6 Å². The fourth-order valence-electron chi connectivity index (χ4n) is 1.75. The first-order chi connectivity index (χ1) is 9.66. The third kappa shape index (κ3) is 4.57. The van der Waals surface area contributed by atoms with Crippen molar-refractivity contribution in [2.45, 2.75) is 11.9 Å². The van der Waals surface area contributed by atoms with Gasteiger partial charge in [-0.1, -0.05) is 30.0 Å². The van der Waals surface area contributed by atoms with Gasteiger partial charge in [0.2, 0.25) is 0 Å². The molecule has 0 bridgehead atoms. The summed E-state index contributed by atoms with van der Waals surface area (Å²) in [5.41, 5.74) is -0.835. The van der Waals surface area contributed by atoms with Gasteiger partial charge in [-0.3, -0.25) is 4.79 Å². The molecular weight excluding hydrogens is 327 g/mol. The third-order valence-electron chi connectivity index (χ3n) is 2.60. The highest BCUT2D eigenvalue weighted by Crippen LogP contribution is 2.30.